The number of halogens is 1. The zero-order valence-electron chi connectivity index (χ0n) is 11.1. The first-order chi connectivity index (χ1) is 9.10. The molecule has 0 saturated heterocycles. The monoisotopic (exact) mass is 323 g/mol. The predicted molar refractivity (Wildman–Crippen MR) is 80.1 cm³/mol. The van der Waals surface area contributed by atoms with Crippen LogP contribution in [0.25, 0.3) is 0 Å². The second-order valence-corrected chi connectivity index (χ2v) is 5.38. The molecule has 0 spiro atoms. The lowest BCUT2D eigenvalue weighted by molar-refractivity contribution is 0.296. The Kier molecular flexibility index (Phi) is 4.47. The third-order valence-electron chi connectivity index (χ3n) is 3.04. The molecule has 4 nitrogen and oxygen atoms in total. The topological polar surface area (TPSA) is 53.1 Å². The van der Waals surface area contributed by atoms with E-state index in [0.717, 1.165) is 22.3 Å². The molecule has 2 N–H and O–H groups in total. The van der Waals surface area contributed by atoms with E-state index in [0.29, 0.717) is 18.3 Å². The quantitative estimate of drug-likeness (QED) is 0.852. The van der Waals surface area contributed by atoms with Crippen LogP contribution in [0.2, 0.25) is 0 Å². The van der Waals surface area contributed by atoms with Crippen molar-refractivity contribution in [3.63, 3.8) is 0 Å². The lowest BCUT2D eigenvalue weighted by atomic mass is 10.3. The fourth-order valence-corrected chi connectivity index (χ4v) is 2.03. The molecule has 0 bridgehead atoms. The number of nitrogen functional groups attached to an aromatic ring is 1. The minimum atomic E-state index is 0.410. The Hall–Kier alpha value is -1.49. The molecule has 19 heavy (non-hydrogen) atoms. The molecule has 0 aliphatic carbocycles. The van der Waals surface area contributed by atoms with E-state index < -0.39 is 0 Å². The Morgan fingerprint density at radius 2 is 2.21 bits per heavy atom. The Bertz CT molecular complexity index is 553. The third-order valence-corrected chi connectivity index (χ3v) is 3.69. The summed E-state index contributed by atoms with van der Waals surface area (Å²) in [6.07, 6.45) is 3.05. The second kappa shape index (κ2) is 6.10. The number of benzene rings is 1. The van der Waals surface area contributed by atoms with Gasteiger partial charge in [0.25, 0.3) is 0 Å². The van der Waals surface area contributed by atoms with Gasteiger partial charge >= 0.3 is 0 Å². The summed E-state index contributed by atoms with van der Waals surface area (Å²) in [6, 6.07) is 7.90. The number of hydrogen-bond donors (Lipinski definition) is 1. The molecule has 1 heterocycles. The van der Waals surface area contributed by atoms with Gasteiger partial charge < -0.3 is 10.5 Å². The van der Waals surface area contributed by atoms with Gasteiger partial charge in [-0.3, -0.25) is 4.68 Å². The summed E-state index contributed by atoms with van der Waals surface area (Å²) in [7, 11) is 0. The minimum absolute atomic E-state index is 0.410. The van der Waals surface area contributed by atoms with Gasteiger partial charge in [-0.15, -0.1) is 0 Å². The fourth-order valence-electron chi connectivity index (χ4n) is 1.67. The van der Waals surface area contributed by atoms with Gasteiger partial charge in [-0.05, 0) is 47.5 Å². The van der Waals surface area contributed by atoms with Crippen molar-refractivity contribution in [3.8, 4) is 5.75 Å². The maximum Gasteiger partial charge on any atom is 0.136 e. The third kappa shape index (κ3) is 3.50. The van der Waals surface area contributed by atoms with Gasteiger partial charge in [0.1, 0.15) is 12.4 Å². The van der Waals surface area contributed by atoms with Crippen LogP contribution in [-0.2, 0) is 6.61 Å². The summed E-state index contributed by atoms with van der Waals surface area (Å²) in [6.45, 7) is 4.73. The molecule has 1 aromatic carbocycles. The summed E-state index contributed by atoms with van der Waals surface area (Å²) in [4.78, 5) is 0. The summed E-state index contributed by atoms with van der Waals surface area (Å²) in [5, 5.41) is 4.49. The largest absolute Gasteiger partial charge is 0.486 e. The van der Waals surface area contributed by atoms with Crippen molar-refractivity contribution in [2.75, 3.05) is 5.73 Å². The van der Waals surface area contributed by atoms with E-state index in [1.807, 2.05) is 29.1 Å². The molecule has 102 valence electrons. The SMILES string of the molecule is CCC(C)n1ccc(COc2cc(N)ccc2Br)n1. The zero-order chi connectivity index (χ0) is 13.8. The van der Waals surface area contributed by atoms with E-state index in [1.165, 1.54) is 0 Å². The summed E-state index contributed by atoms with van der Waals surface area (Å²) >= 11 is 3.44. The average molecular weight is 324 g/mol. The molecule has 2 rings (SSSR count). The maximum absolute atomic E-state index is 5.74. The van der Waals surface area contributed by atoms with Gasteiger partial charge in [-0.1, -0.05) is 6.92 Å². The second-order valence-electron chi connectivity index (χ2n) is 4.52. The van der Waals surface area contributed by atoms with E-state index in [-0.39, 0.29) is 0 Å². The van der Waals surface area contributed by atoms with Crippen LogP contribution >= 0.6 is 15.9 Å². The molecule has 0 fully saturated rings. The lowest BCUT2D eigenvalue weighted by Gasteiger charge is -2.09. The molecular weight excluding hydrogens is 306 g/mol. The van der Waals surface area contributed by atoms with Gasteiger partial charge in [0.15, 0.2) is 0 Å². The number of aromatic nitrogens is 2. The van der Waals surface area contributed by atoms with Gasteiger partial charge in [0.05, 0.1) is 10.2 Å². The van der Waals surface area contributed by atoms with Crippen LogP contribution in [0, 0.1) is 0 Å². The van der Waals surface area contributed by atoms with E-state index >= 15 is 0 Å². The highest BCUT2D eigenvalue weighted by atomic mass is 79.9. The molecule has 0 radical (unpaired) electrons. The first-order valence-corrected chi connectivity index (χ1v) is 7.11. The summed E-state index contributed by atoms with van der Waals surface area (Å²) in [5.41, 5.74) is 7.33. The molecule has 1 unspecified atom stereocenters. The van der Waals surface area contributed by atoms with Crippen molar-refractivity contribution in [2.45, 2.75) is 32.9 Å². The van der Waals surface area contributed by atoms with E-state index in [4.69, 9.17) is 10.5 Å². The van der Waals surface area contributed by atoms with Gasteiger partial charge in [-0.2, -0.15) is 5.10 Å². The number of nitrogens with zero attached hydrogens (tertiary/aromatic N) is 2. The molecule has 0 amide bonds. The Morgan fingerprint density at radius 3 is 2.95 bits per heavy atom. The van der Waals surface area contributed by atoms with Crippen molar-refractivity contribution in [1.82, 2.24) is 9.78 Å². The molecule has 0 saturated carbocycles. The standard InChI is InChI=1S/C14H18BrN3O/c1-3-10(2)18-7-6-12(17-18)9-19-14-8-11(16)4-5-13(14)15/h4-8,10H,3,9,16H2,1-2H3. The highest BCUT2D eigenvalue weighted by molar-refractivity contribution is 9.10. The van der Waals surface area contributed by atoms with Crippen molar-refractivity contribution < 1.29 is 4.74 Å². The molecule has 0 aliphatic heterocycles. The first kappa shape index (κ1) is 13.9. The first-order valence-electron chi connectivity index (χ1n) is 6.32. The zero-order valence-corrected chi connectivity index (χ0v) is 12.7. The number of rotatable bonds is 5. The normalized spacial score (nSPS) is 12.4. The molecule has 1 aromatic heterocycles. The summed E-state index contributed by atoms with van der Waals surface area (Å²) in [5.74, 6) is 0.734. The lowest BCUT2D eigenvalue weighted by Crippen LogP contribution is -2.06. The highest BCUT2D eigenvalue weighted by Gasteiger charge is 2.06. The number of anilines is 1. The Balaban J connectivity index is 2.02. The maximum atomic E-state index is 5.74. The van der Waals surface area contributed by atoms with Crippen molar-refractivity contribution in [1.29, 1.82) is 0 Å². The van der Waals surface area contributed by atoms with Crippen LogP contribution in [0.15, 0.2) is 34.9 Å². The van der Waals surface area contributed by atoms with Crippen LogP contribution in [0.5, 0.6) is 5.75 Å². The van der Waals surface area contributed by atoms with Crippen LogP contribution in [0.4, 0.5) is 5.69 Å². The fraction of sp³-hybridized carbons (Fsp3) is 0.357. The van der Waals surface area contributed by atoms with Gasteiger partial charge in [-0.25, -0.2) is 0 Å². The molecular formula is C14H18BrN3O. The van der Waals surface area contributed by atoms with Crippen LogP contribution in [0.3, 0.4) is 0 Å². The number of nitrogens with two attached hydrogens (primary N) is 1. The van der Waals surface area contributed by atoms with E-state index in [2.05, 4.69) is 34.9 Å². The molecule has 5 heteroatoms. The Morgan fingerprint density at radius 1 is 1.42 bits per heavy atom. The van der Waals surface area contributed by atoms with E-state index in [9.17, 15) is 0 Å². The van der Waals surface area contributed by atoms with Gasteiger partial charge in [0, 0.05) is 24.0 Å². The van der Waals surface area contributed by atoms with Crippen molar-refractivity contribution >= 4 is 21.6 Å². The van der Waals surface area contributed by atoms with Crippen LogP contribution < -0.4 is 10.5 Å². The number of ether oxygens (including phenoxy) is 1. The minimum Gasteiger partial charge on any atom is -0.486 e. The smallest absolute Gasteiger partial charge is 0.136 e. The van der Waals surface area contributed by atoms with Crippen molar-refractivity contribution in [2.24, 2.45) is 0 Å². The number of hydrogen-bond acceptors (Lipinski definition) is 3. The predicted octanol–water partition coefficient (Wildman–Crippen LogP) is 3.78. The molecule has 2 aromatic rings. The highest BCUT2D eigenvalue weighted by Crippen LogP contribution is 2.27. The van der Waals surface area contributed by atoms with Crippen molar-refractivity contribution in [3.05, 3.63) is 40.6 Å². The van der Waals surface area contributed by atoms with Crippen LogP contribution in [-0.4, -0.2) is 9.78 Å². The summed E-state index contributed by atoms with van der Waals surface area (Å²) < 4.78 is 8.58. The average Bonchev–Trinajstić information content (AvgIpc) is 2.88. The van der Waals surface area contributed by atoms with Crippen LogP contribution in [0.1, 0.15) is 32.0 Å². The molecule has 0 aliphatic rings. The van der Waals surface area contributed by atoms with Gasteiger partial charge in [0.2, 0.25) is 0 Å². The Labute approximate surface area is 121 Å². The molecule has 1 atom stereocenters. The van der Waals surface area contributed by atoms with E-state index in [1.54, 1.807) is 6.07 Å².